The van der Waals surface area contributed by atoms with Gasteiger partial charge < -0.3 is 9.72 Å². The first-order chi connectivity index (χ1) is 8.67. The molecule has 0 unspecified atom stereocenters. The first-order valence-electron chi connectivity index (χ1n) is 5.44. The third-order valence-electron chi connectivity index (χ3n) is 2.74. The van der Waals surface area contributed by atoms with Crippen molar-refractivity contribution in [2.45, 2.75) is 6.92 Å². The topological polar surface area (TPSA) is 48.8 Å². The Labute approximate surface area is 111 Å². The van der Waals surface area contributed by atoms with Crippen molar-refractivity contribution >= 4 is 12.2 Å². The quantitative estimate of drug-likeness (QED) is 0.835. The number of hydrogen-bond acceptors (Lipinski definition) is 3. The third kappa shape index (κ3) is 2.13. The van der Waals surface area contributed by atoms with Gasteiger partial charge in [-0.3, -0.25) is 0 Å². The number of benzene rings is 1. The van der Waals surface area contributed by atoms with Crippen LogP contribution < -0.4 is 4.74 Å². The monoisotopic (exact) mass is 256 g/mol. The molecular weight excluding hydrogens is 244 g/mol. The highest BCUT2D eigenvalue weighted by atomic mass is 32.1. The summed E-state index contributed by atoms with van der Waals surface area (Å²) < 4.78 is 5.78. The minimum absolute atomic E-state index is 0.448. The van der Waals surface area contributed by atoms with E-state index in [4.69, 9.17) is 22.2 Å². The van der Waals surface area contributed by atoms with Gasteiger partial charge in [-0.15, -0.1) is 0 Å². The highest BCUT2D eigenvalue weighted by Gasteiger charge is 2.09. The van der Waals surface area contributed by atoms with Crippen molar-refractivity contribution in [2.24, 2.45) is 0 Å². The van der Waals surface area contributed by atoms with E-state index in [9.17, 15) is 0 Å². The first-order valence-corrected chi connectivity index (χ1v) is 5.85. The zero-order valence-electron chi connectivity index (χ0n) is 10.2. The van der Waals surface area contributed by atoms with Crippen LogP contribution in [-0.2, 0) is 0 Å². The van der Waals surface area contributed by atoms with Crippen molar-refractivity contribution in [1.29, 1.82) is 5.26 Å². The Bertz CT molecular complexity index is 683. The Balaban J connectivity index is 2.69. The van der Waals surface area contributed by atoms with Crippen LogP contribution in [0, 0.1) is 22.9 Å². The van der Waals surface area contributed by atoms with Crippen molar-refractivity contribution in [3.05, 3.63) is 46.1 Å². The smallest absolute Gasteiger partial charge is 0.128 e. The van der Waals surface area contributed by atoms with Gasteiger partial charge in [-0.25, -0.2) is 0 Å². The van der Waals surface area contributed by atoms with Crippen molar-refractivity contribution in [3.63, 3.8) is 0 Å². The summed E-state index contributed by atoms with van der Waals surface area (Å²) in [7, 11) is 1.63. The van der Waals surface area contributed by atoms with E-state index in [0.717, 1.165) is 22.6 Å². The van der Waals surface area contributed by atoms with E-state index in [1.807, 2.05) is 31.2 Å². The lowest BCUT2D eigenvalue weighted by Gasteiger charge is -2.11. The van der Waals surface area contributed by atoms with Gasteiger partial charge in [0.05, 0.1) is 18.4 Å². The lowest BCUT2D eigenvalue weighted by Crippen LogP contribution is -1.95. The van der Waals surface area contributed by atoms with Gasteiger partial charge in [-0.1, -0.05) is 24.4 Å². The third-order valence-corrected chi connectivity index (χ3v) is 3.06. The number of para-hydroxylation sites is 1. The minimum atomic E-state index is 0.448. The molecule has 18 heavy (non-hydrogen) atoms. The van der Waals surface area contributed by atoms with Gasteiger partial charge in [-0.05, 0) is 30.7 Å². The summed E-state index contributed by atoms with van der Waals surface area (Å²) >= 11 is 5.16. The van der Waals surface area contributed by atoms with Gasteiger partial charge in [0, 0.05) is 5.56 Å². The van der Waals surface area contributed by atoms with Gasteiger partial charge in [-0.2, -0.15) is 5.26 Å². The number of aromatic nitrogens is 1. The zero-order chi connectivity index (χ0) is 13.1. The fourth-order valence-corrected chi connectivity index (χ4v) is 2.05. The summed E-state index contributed by atoms with van der Waals surface area (Å²) in [4.78, 5) is 3.10. The van der Waals surface area contributed by atoms with Gasteiger partial charge in [0.1, 0.15) is 16.5 Å². The number of aryl methyl sites for hydroxylation is 1. The van der Waals surface area contributed by atoms with E-state index < -0.39 is 0 Å². The van der Waals surface area contributed by atoms with Crippen LogP contribution in [0.15, 0.2) is 30.3 Å². The molecule has 0 spiro atoms. The Morgan fingerprint density at radius 2 is 2.06 bits per heavy atom. The number of pyridine rings is 1. The van der Waals surface area contributed by atoms with E-state index in [-0.39, 0.29) is 0 Å². The average Bonchev–Trinajstić information content (AvgIpc) is 2.41. The highest BCUT2D eigenvalue weighted by Crippen LogP contribution is 2.30. The molecule has 0 saturated heterocycles. The Morgan fingerprint density at radius 1 is 1.33 bits per heavy atom. The summed E-state index contributed by atoms with van der Waals surface area (Å²) in [5, 5.41) is 8.94. The molecule has 0 aliphatic carbocycles. The molecule has 0 bridgehead atoms. The molecule has 0 saturated carbocycles. The number of nitriles is 1. The number of aromatic amines is 1. The van der Waals surface area contributed by atoms with E-state index in [2.05, 4.69) is 11.1 Å². The van der Waals surface area contributed by atoms with Crippen LogP contribution in [0.2, 0.25) is 0 Å². The van der Waals surface area contributed by atoms with E-state index in [0.29, 0.717) is 10.2 Å². The molecule has 0 atom stereocenters. The largest absolute Gasteiger partial charge is 0.496 e. The molecule has 4 heteroatoms. The molecule has 0 radical (unpaired) electrons. The second-order valence-corrected chi connectivity index (χ2v) is 4.29. The molecule has 90 valence electrons. The molecule has 1 aromatic carbocycles. The van der Waals surface area contributed by atoms with Crippen molar-refractivity contribution in [2.75, 3.05) is 7.11 Å². The number of hydrogen-bond donors (Lipinski definition) is 1. The second-order valence-electron chi connectivity index (χ2n) is 3.88. The van der Waals surface area contributed by atoms with Gasteiger partial charge in [0.25, 0.3) is 0 Å². The molecule has 1 N–H and O–H groups in total. The van der Waals surface area contributed by atoms with Crippen LogP contribution in [0.25, 0.3) is 11.3 Å². The fraction of sp³-hybridized carbons (Fsp3) is 0.143. The normalized spacial score (nSPS) is 9.83. The van der Waals surface area contributed by atoms with Crippen LogP contribution >= 0.6 is 12.2 Å². The molecule has 1 heterocycles. The minimum Gasteiger partial charge on any atom is -0.496 e. The maximum atomic E-state index is 8.94. The van der Waals surface area contributed by atoms with Gasteiger partial charge in [0.15, 0.2) is 0 Å². The van der Waals surface area contributed by atoms with E-state index >= 15 is 0 Å². The lowest BCUT2D eigenvalue weighted by molar-refractivity contribution is 0.416. The highest BCUT2D eigenvalue weighted by molar-refractivity contribution is 7.71. The summed E-state index contributed by atoms with van der Waals surface area (Å²) in [5.41, 5.74) is 3.27. The summed E-state index contributed by atoms with van der Waals surface area (Å²) in [6.45, 7) is 1.94. The van der Waals surface area contributed by atoms with Crippen LogP contribution in [-0.4, -0.2) is 12.1 Å². The number of ether oxygens (including phenoxy) is 1. The van der Waals surface area contributed by atoms with Gasteiger partial charge in [0.2, 0.25) is 0 Å². The number of nitrogens with zero attached hydrogens (tertiary/aromatic N) is 1. The van der Waals surface area contributed by atoms with E-state index in [1.54, 1.807) is 13.2 Å². The Morgan fingerprint density at radius 3 is 2.72 bits per heavy atom. The lowest BCUT2D eigenvalue weighted by atomic mass is 10.0. The molecule has 0 aliphatic rings. The number of rotatable bonds is 2. The van der Waals surface area contributed by atoms with Crippen LogP contribution in [0.1, 0.15) is 11.1 Å². The Kier molecular flexibility index (Phi) is 3.45. The average molecular weight is 256 g/mol. The standard InChI is InChI=1S/C14H12N2OS/c1-9-7-10(8-15)14(18)16-13(9)11-5-3-4-6-12(11)17-2/h3-7H,1-2H3,(H,16,18). The zero-order valence-corrected chi connectivity index (χ0v) is 11.0. The Hall–Kier alpha value is -2.12. The maximum Gasteiger partial charge on any atom is 0.128 e. The number of methoxy groups -OCH3 is 1. The summed E-state index contributed by atoms with van der Waals surface area (Å²) in [6, 6.07) is 11.6. The van der Waals surface area contributed by atoms with Crippen LogP contribution in [0.5, 0.6) is 5.75 Å². The van der Waals surface area contributed by atoms with Crippen LogP contribution in [0.3, 0.4) is 0 Å². The predicted octanol–water partition coefficient (Wildman–Crippen LogP) is 3.60. The fourth-order valence-electron chi connectivity index (χ4n) is 1.85. The maximum absolute atomic E-state index is 8.94. The predicted molar refractivity (Wildman–Crippen MR) is 73.1 cm³/mol. The van der Waals surface area contributed by atoms with Crippen LogP contribution in [0.4, 0.5) is 0 Å². The molecule has 0 fully saturated rings. The van der Waals surface area contributed by atoms with Crippen molar-refractivity contribution in [1.82, 2.24) is 4.98 Å². The SMILES string of the molecule is COc1ccccc1-c1[nH]c(=S)c(C#N)cc1C. The summed E-state index contributed by atoms with van der Waals surface area (Å²) in [6.07, 6.45) is 0. The molecule has 0 aliphatic heterocycles. The molecule has 2 aromatic rings. The number of nitrogens with one attached hydrogen (secondary N) is 1. The van der Waals surface area contributed by atoms with Crippen molar-refractivity contribution in [3.8, 4) is 23.1 Å². The molecule has 1 aromatic heterocycles. The van der Waals surface area contributed by atoms with Crippen molar-refractivity contribution < 1.29 is 4.74 Å². The first kappa shape index (κ1) is 12.3. The molecule has 0 amide bonds. The molecular formula is C14H12N2OS. The van der Waals surface area contributed by atoms with Gasteiger partial charge >= 0.3 is 0 Å². The molecule has 2 rings (SSSR count). The van der Waals surface area contributed by atoms with E-state index in [1.165, 1.54) is 0 Å². The number of H-pyrrole nitrogens is 1. The molecule has 3 nitrogen and oxygen atoms in total. The summed E-state index contributed by atoms with van der Waals surface area (Å²) in [5.74, 6) is 0.774. The second kappa shape index (κ2) is 5.03.